The lowest BCUT2D eigenvalue weighted by molar-refractivity contribution is -0.0169. The maximum Gasteiger partial charge on any atom is 0.0438 e. The molecule has 1 aromatic carbocycles. The van der Waals surface area contributed by atoms with Gasteiger partial charge in [-0.25, -0.2) is 0 Å². The molecule has 21 heavy (non-hydrogen) atoms. The van der Waals surface area contributed by atoms with Crippen molar-refractivity contribution in [2.24, 2.45) is 23.7 Å². The molecule has 1 aromatic rings. The second-order valence-corrected chi connectivity index (χ2v) is 8.23. The summed E-state index contributed by atoms with van der Waals surface area (Å²) in [7, 11) is 0. The lowest BCUT2D eigenvalue weighted by atomic mass is 9.54. The van der Waals surface area contributed by atoms with E-state index in [4.69, 9.17) is 11.6 Å². The Morgan fingerprint density at radius 1 is 1.05 bits per heavy atom. The van der Waals surface area contributed by atoms with Crippen LogP contribution in [0.25, 0.3) is 0 Å². The molecule has 5 rings (SSSR count). The first-order valence-corrected chi connectivity index (χ1v) is 9.06. The highest BCUT2D eigenvalue weighted by Crippen LogP contribution is 2.53. The summed E-state index contributed by atoms with van der Waals surface area (Å²) in [5.74, 6) is 4.03. The van der Waals surface area contributed by atoms with Gasteiger partial charge in [0.25, 0.3) is 0 Å². The first kappa shape index (κ1) is 14.1. The fraction of sp³-hybridized carbons (Fsp3) is 0.684. The van der Waals surface area contributed by atoms with Crippen LogP contribution < -0.4 is 5.32 Å². The first-order chi connectivity index (χ1) is 10.2. The summed E-state index contributed by atoms with van der Waals surface area (Å²) in [6.45, 7) is 2.33. The molecule has 0 aliphatic heterocycles. The summed E-state index contributed by atoms with van der Waals surface area (Å²) in [4.78, 5) is 0. The standard InChI is InChI=1S/C19H26ClN/c1-12(6-15-4-2-3-5-18(15)20)21-19-16-8-13-7-14(10-16)11-17(19)9-13/h2-5,12-14,16-17,19,21H,6-11H2,1H3. The van der Waals surface area contributed by atoms with Crippen molar-refractivity contribution in [3.8, 4) is 0 Å². The minimum atomic E-state index is 0.521. The van der Waals surface area contributed by atoms with E-state index in [1.54, 1.807) is 0 Å². The zero-order valence-corrected chi connectivity index (χ0v) is 13.7. The third kappa shape index (κ3) is 2.75. The number of nitrogens with one attached hydrogen (secondary N) is 1. The topological polar surface area (TPSA) is 12.0 Å². The Balaban J connectivity index is 1.41. The van der Waals surface area contributed by atoms with Crippen LogP contribution in [0.3, 0.4) is 0 Å². The van der Waals surface area contributed by atoms with E-state index >= 15 is 0 Å². The van der Waals surface area contributed by atoms with Crippen molar-refractivity contribution in [3.63, 3.8) is 0 Å². The highest BCUT2D eigenvalue weighted by molar-refractivity contribution is 6.31. The minimum Gasteiger partial charge on any atom is -0.311 e. The Labute approximate surface area is 133 Å². The predicted molar refractivity (Wildman–Crippen MR) is 88.6 cm³/mol. The van der Waals surface area contributed by atoms with Gasteiger partial charge in [-0.2, -0.15) is 0 Å². The highest BCUT2D eigenvalue weighted by atomic mass is 35.5. The molecule has 4 bridgehead atoms. The van der Waals surface area contributed by atoms with Crippen LogP contribution in [0.4, 0.5) is 0 Å². The molecule has 0 saturated heterocycles. The summed E-state index contributed by atoms with van der Waals surface area (Å²) in [6, 6.07) is 9.57. The number of benzene rings is 1. The second-order valence-electron chi connectivity index (χ2n) is 7.82. The largest absolute Gasteiger partial charge is 0.311 e. The number of rotatable bonds is 4. The van der Waals surface area contributed by atoms with Gasteiger partial charge in [-0.3, -0.25) is 0 Å². The van der Waals surface area contributed by atoms with E-state index in [0.29, 0.717) is 6.04 Å². The van der Waals surface area contributed by atoms with Crippen LogP contribution in [0.5, 0.6) is 0 Å². The molecule has 0 amide bonds. The van der Waals surface area contributed by atoms with E-state index in [9.17, 15) is 0 Å². The van der Waals surface area contributed by atoms with Gasteiger partial charge >= 0.3 is 0 Å². The van der Waals surface area contributed by atoms with Crippen molar-refractivity contribution in [1.29, 1.82) is 0 Å². The molecular formula is C19H26ClN. The van der Waals surface area contributed by atoms with Crippen LogP contribution in [0.1, 0.15) is 44.6 Å². The first-order valence-electron chi connectivity index (χ1n) is 8.68. The highest BCUT2D eigenvalue weighted by Gasteiger charge is 2.48. The van der Waals surface area contributed by atoms with Gasteiger partial charge in [0.2, 0.25) is 0 Å². The van der Waals surface area contributed by atoms with Crippen molar-refractivity contribution in [1.82, 2.24) is 5.32 Å². The Morgan fingerprint density at radius 3 is 2.29 bits per heavy atom. The molecule has 1 nitrogen and oxygen atoms in total. The molecule has 4 saturated carbocycles. The van der Waals surface area contributed by atoms with Gasteiger partial charge in [-0.1, -0.05) is 29.8 Å². The van der Waals surface area contributed by atoms with Crippen molar-refractivity contribution in [2.45, 2.75) is 57.5 Å². The third-order valence-corrected chi connectivity index (χ3v) is 6.56. The number of hydrogen-bond acceptors (Lipinski definition) is 1. The summed E-state index contributed by atoms with van der Waals surface area (Å²) in [5, 5.41) is 4.89. The lowest BCUT2D eigenvalue weighted by Crippen LogP contribution is -2.56. The maximum absolute atomic E-state index is 6.30. The van der Waals surface area contributed by atoms with Gasteiger partial charge in [0.15, 0.2) is 0 Å². The maximum atomic E-state index is 6.30. The minimum absolute atomic E-state index is 0.521. The Hall–Kier alpha value is -0.530. The van der Waals surface area contributed by atoms with Crippen LogP contribution in [0.2, 0.25) is 5.02 Å². The average molecular weight is 304 g/mol. The van der Waals surface area contributed by atoms with Crippen LogP contribution in [-0.4, -0.2) is 12.1 Å². The summed E-state index contributed by atoms with van der Waals surface area (Å²) >= 11 is 6.30. The van der Waals surface area contributed by atoms with E-state index < -0.39 is 0 Å². The SMILES string of the molecule is CC(Cc1ccccc1Cl)NC1C2CC3CC(C2)CC1C3. The molecule has 2 heteroatoms. The normalized spacial score (nSPS) is 38.7. The molecule has 0 aromatic heterocycles. The van der Waals surface area contributed by atoms with E-state index in [-0.39, 0.29) is 0 Å². The Morgan fingerprint density at radius 2 is 1.67 bits per heavy atom. The van der Waals surface area contributed by atoms with Crippen molar-refractivity contribution in [2.75, 3.05) is 0 Å². The Bertz CT molecular complexity index is 484. The van der Waals surface area contributed by atoms with Crippen molar-refractivity contribution < 1.29 is 0 Å². The van der Waals surface area contributed by atoms with Gasteiger partial charge in [-0.15, -0.1) is 0 Å². The second kappa shape index (κ2) is 5.59. The zero-order valence-electron chi connectivity index (χ0n) is 12.9. The monoisotopic (exact) mass is 303 g/mol. The van der Waals surface area contributed by atoms with Gasteiger partial charge in [0.05, 0.1) is 0 Å². The van der Waals surface area contributed by atoms with Gasteiger partial charge in [0, 0.05) is 17.1 Å². The summed E-state index contributed by atoms with van der Waals surface area (Å²) in [6.07, 6.45) is 8.54. The zero-order chi connectivity index (χ0) is 14.4. The predicted octanol–water partition coefficient (Wildman–Crippen LogP) is 4.69. The number of halogens is 1. The van der Waals surface area contributed by atoms with E-state index in [2.05, 4.69) is 24.4 Å². The quantitative estimate of drug-likeness (QED) is 0.851. The third-order valence-electron chi connectivity index (χ3n) is 6.19. The fourth-order valence-electron chi connectivity index (χ4n) is 5.58. The molecule has 1 unspecified atom stereocenters. The van der Waals surface area contributed by atoms with E-state index in [1.165, 1.54) is 37.7 Å². The molecule has 4 fully saturated rings. The lowest BCUT2D eigenvalue weighted by Gasteiger charge is -2.55. The molecule has 114 valence electrons. The fourth-order valence-corrected chi connectivity index (χ4v) is 5.79. The van der Waals surface area contributed by atoms with Crippen LogP contribution in [0.15, 0.2) is 24.3 Å². The van der Waals surface area contributed by atoms with Gasteiger partial charge in [-0.05, 0) is 80.8 Å². The van der Waals surface area contributed by atoms with Crippen molar-refractivity contribution >= 4 is 11.6 Å². The molecule has 0 heterocycles. The van der Waals surface area contributed by atoms with Crippen LogP contribution in [-0.2, 0) is 6.42 Å². The number of hydrogen-bond donors (Lipinski definition) is 1. The van der Waals surface area contributed by atoms with E-state index in [0.717, 1.165) is 41.2 Å². The molecule has 0 spiro atoms. The molecule has 1 atom stereocenters. The van der Waals surface area contributed by atoms with Crippen molar-refractivity contribution in [3.05, 3.63) is 34.9 Å². The van der Waals surface area contributed by atoms with Gasteiger partial charge < -0.3 is 5.32 Å². The smallest absolute Gasteiger partial charge is 0.0438 e. The van der Waals surface area contributed by atoms with E-state index in [1.807, 2.05) is 12.1 Å². The molecule has 4 aliphatic rings. The average Bonchev–Trinajstić information content (AvgIpc) is 2.44. The van der Waals surface area contributed by atoms with Crippen LogP contribution in [0, 0.1) is 23.7 Å². The Kier molecular flexibility index (Phi) is 3.75. The van der Waals surface area contributed by atoms with Gasteiger partial charge in [0.1, 0.15) is 0 Å². The molecule has 1 N–H and O–H groups in total. The molecule has 0 radical (unpaired) electrons. The molecule has 4 aliphatic carbocycles. The summed E-state index contributed by atoms with van der Waals surface area (Å²) in [5.41, 5.74) is 1.28. The van der Waals surface area contributed by atoms with Crippen LogP contribution >= 0.6 is 11.6 Å². The summed E-state index contributed by atoms with van der Waals surface area (Å²) < 4.78 is 0. The molecular weight excluding hydrogens is 278 g/mol.